The minimum atomic E-state index is -5.08. The molecule has 2 aromatic carbocycles. The van der Waals surface area contributed by atoms with Crippen LogP contribution in [0.4, 0.5) is 13.2 Å². The summed E-state index contributed by atoms with van der Waals surface area (Å²) in [4.78, 5) is 20.2. The number of nitrogens with two attached hydrogens (primary N) is 1. The quantitative estimate of drug-likeness (QED) is 0.570. The molecule has 30 heavy (non-hydrogen) atoms. The van der Waals surface area contributed by atoms with Gasteiger partial charge in [0.05, 0.1) is 0 Å². The summed E-state index contributed by atoms with van der Waals surface area (Å²) in [6.45, 7) is 8.50. The van der Waals surface area contributed by atoms with E-state index in [1.165, 1.54) is 17.5 Å². The summed E-state index contributed by atoms with van der Waals surface area (Å²) >= 11 is 0. The molecule has 2 aromatic rings. The molecular formula is C22H27F3N2O3. The highest BCUT2D eigenvalue weighted by molar-refractivity contribution is 5.94. The Morgan fingerprint density at radius 1 is 1.13 bits per heavy atom. The van der Waals surface area contributed by atoms with Gasteiger partial charge in [-0.2, -0.15) is 13.2 Å². The molecule has 0 bridgehead atoms. The van der Waals surface area contributed by atoms with Gasteiger partial charge in [-0.1, -0.05) is 44.2 Å². The third kappa shape index (κ3) is 8.65. The average Bonchev–Trinajstić information content (AvgIpc) is 2.65. The summed E-state index contributed by atoms with van der Waals surface area (Å²) in [5.74, 6) is -2.42. The van der Waals surface area contributed by atoms with Gasteiger partial charge in [0.25, 0.3) is 0 Å². The normalized spacial score (nSPS) is 11.0. The van der Waals surface area contributed by atoms with E-state index < -0.39 is 18.1 Å². The second kappa shape index (κ2) is 11.3. The van der Waals surface area contributed by atoms with Crippen LogP contribution in [0.2, 0.25) is 0 Å². The first-order valence-corrected chi connectivity index (χ1v) is 9.42. The van der Waals surface area contributed by atoms with Crippen molar-refractivity contribution in [1.82, 2.24) is 5.32 Å². The molecule has 164 valence electrons. The van der Waals surface area contributed by atoms with Crippen molar-refractivity contribution in [2.75, 3.05) is 6.54 Å². The molecule has 0 atom stereocenters. The molecule has 0 saturated heterocycles. The van der Waals surface area contributed by atoms with Crippen molar-refractivity contribution in [2.24, 2.45) is 11.7 Å². The Morgan fingerprint density at radius 2 is 1.77 bits per heavy atom. The Bertz CT molecular complexity index is 865. The lowest BCUT2D eigenvalue weighted by molar-refractivity contribution is -0.192. The van der Waals surface area contributed by atoms with Gasteiger partial charge in [-0.25, -0.2) is 4.79 Å². The predicted molar refractivity (Wildman–Crippen MR) is 110 cm³/mol. The van der Waals surface area contributed by atoms with Crippen molar-refractivity contribution in [3.05, 3.63) is 59.2 Å². The number of aliphatic carboxylic acids is 1. The molecule has 0 heterocycles. The Kier molecular flexibility index (Phi) is 9.52. The summed E-state index contributed by atoms with van der Waals surface area (Å²) < 4.78 is 31.7. The van der Waals surface area contributed by atoms with Crippen LogP contribution < -0.4 is 11.1 Å². The zero-order valence-corrected chi connectivity index (χ0v) is 17.2. The maximum absolute atomic E-state index is 11.3. The second-order valence-electron chi connectivity index (χ2n) is 7.26. The molecule has 5 nitrogen and oxygen atoms in total. The first-order valence-electron chi connectivity index (χ1n) is 9.42. The highest BCUT2D eigenvalue weighted by Gasteiger charge is 2.38. The van der Waals surface area contributed by atoms with Crippen molar-refractivity contribution < 1.29 is 27.9 Å². The summed E-state index contributed by atoms with van der Waals surface area (Å²) in [7, 11) is 0. The minimum absolute atomic E-state index is 0.393. The maximum atomic E-state index is 11.3. The molecule has 0 aliphatic heterocycles. The van der Waals surface area contributed by atoms with Crippen LogP contribution in [0.25, 0.3) is 11.1 Å². The average molecular weight is 424 g/mol. The molecule has 0 radical (unpaired) electrons. The zero-order valence-electron chi connectivity index (χ0n) is 17.2. The molecular weight excluding hydrogens is 397 g/mol. The van der Waals surface area contributed by atoms with Crippen molar-refractivity contribution in [3.8, 4) is 11.1 Å². The van der Waals surface area contributed by atoms with Crippen LogP contribution >= 0.6 is 0 Å². The Hall–Kier alpha value is -2.87. The van der Waals surface area contributed by atoms with Crippen molar-refractivity contribution in [3.63, 3.8) is 0 Å². The highest BCUT2D eigenvalue weighted by Crippen LogP contribution is 2.25. The lowest BCUT2D eigenvalue weighted by Gasteiger charge is -2.11. The Balaban J connectivity index is 0.000000553. The lowest BCUT2D eigenvalue weighted by Crippen LogP contribution is -2.21. The number of aryl methyl sites for hydroxylation is 1. The fourth-order valence-corrected chi connectivity index (χ4v) is 2.62. The molecule has 0 unspecified atom stereocenters. The Morgan fingerprint density at radius 3 is 2.27 bits per heavy atom. The van der Waals surface area contributed by atoms with E-state index in [9.17, 15) is 18.0 Å². The van der Waals surface area contributed by atoms with E-state index >= 15 is 0 Å². The lowest BCUT2D eigenvalue weighted by atomic mass is 9.97. The molecule has 8 heteroatoms. The van der Waals surface area contributed by atoms with Crippen LogP contribution in [-0.2, 0) is 11.3 Å². The van der Waals surface area contributed by atoms with Gasteiger partial charge in [0.15, 0.2) is 0 Å². The molecule has 0 aromatic heterocycles. The zero-order chi connectivity index (χ0) is 22.9. The van der Waals surface area contributed by atoms with E-state index in [1.54, 1.807) is 6.07 Å². The Labute approximate surface area is 174 Å². The van der Waals surface area contributed by atoms with E-state index in [4.69, 9.17) is 15.6 Å². The summed E-state index contributed by atoms with van der Waals surface area (Å²) in [5, 5.41) is 10.6. The fourth-order valence-electron chi connectivity index (χ4n) is 2.62. The van der Waals surface area contributed by atoms with Gasteiger partial charge in [0.2, 0.25) is 5.91 Å². The van der Waals surface area contributed by atoms with E-state index in [-0.39, 0.29) is 0 Å². The van der Waals surface area contributed by atoms with Crippen molar-refractivity contribution in [1.29, 1.82) is 0 Å². The largest absolute Gasteiger partial charge is 0.490 e. The number of nitrogens with one attached hydrogen (secondary N) is 1. The van der Waals surface area contributed by atoms with Crippen LogP contribution in [0, 0.1) is 12.8 Å². The van der Waals surface area contributed by atoms with E-state index in [0.717, 1.165) is 30.1 Å². The van der Waals surface area contributed by atoms with Gasteiger partial charge in [-0.15, -0.1) is 0 Å². The van der Waals surface area contributed by atoms with Crippen molar-refractivity contribution in [2.45, 2.75) is 39.9 Å². The van der Waals surface area contributed by atoms with Crippen LogP contribution in [0.1, 0.15) is 41.8 Å². The molecule has 4 N–H and O–H groups in total. The summed E-state index contributed by atoms with van der Waals surface area (Å²) in [6, 6.07) is 13.9. The maximum Gasteiger partial charge on any atom is 0.490 e. The summed E-state index contributed by atoms with van der Waals surface area (Å²) in [5.41, 5.74) is 10.6. The second-order valence-corrected chi connectivity index (χ2v) is 7.26. The van der Waals surface area contributed by atoms with Crippen LogP contribution in [0.3, 0.4) is 0 Å². The summed E-state index contributed by atoms with van der Waals surface area (Å²) in [6.07, 6.45) is -3.89. The molecule has 0 fully saturated rings. The van der Waals surface area contributed by atoms with Gasteiger partial charge >= 0.3 is 12.1 Å². The molecule has 0 aliphatic carbocycles. The number of carbonyl (C=O) groups excluding carboxylic acids is 1. The van der Waals surface area contributed by atoms with Crippen LogP contribution in [0.15, 0.2) is 42.5 Å². The first kappa shape index (κ1) is 25.2. The van der Waals surface area contributed by atoms with E-state index in [1.807, 2.05) is 18.2 Å². The predicted octanol–water partition coefficient (Wildman–Crippen LogP) is 4.53. The monoisotopic (exact) mass is 424 g/mol. The molecule has 0 saturated carbocycles. The number of alkyl halides is 3. The number of carboxylic acid groups (broad SMARTS) is 1. The van der Waals surface area contributed by atoms with E-state index in [0.29, 0.717) is 5.56 Å². The van der Waals surface area contributed by atoms with Gasteiger partial charge in [0, 0.05) is 12.1 Å². The number of primary amides is 1. The molecule has 0 aliphatic rings. The minimum Gasteiger partial charge on any atom is -0.475 e. The number of carbonyl (C=O) groups is 2. The van der Waals surface area contributed by atoms with Gasteiger partial charge < -0.3 is 16.2 Å². The smallest absolute Gasteiger partial charge is 0.475 e. The third-order valence-corrected chi connectivity index (χ3v) is 4.22. The van der Waals surface area contributed by atoms with Gasteiger partial charge in [-0.05, 0) is 60.2 Å². The van der Waals surface area contributed by atoms with Gasteiger partial charge in [0.1, 0.15) is 0 Å². The SMILES string of the molecule is Cc1cc(CNCCC(C)C)ccc1-c1cccc(C(N)=O)c1.O=C(O)C(F)(F)F. The highest BCUT2D eigenvalue weighted by atomic mass is 19.4. The third-order valence-electron chi connectivity index (χ3n) is 4.22. The number of hydrogen-bond donors (Lipinski definition) is 3. The van der Waals surface area contributed by atoms with Crippen molar-refractivity contribution >= 4 is 11.9 Å². The standard InChI is InChI=1S/C20H26N2O.C2HF3O2/c1-14(2)9-10-22-13-16-7-8-19(15(3)11-16)17-5-4-6-18(12-17)20(21)23;3-2(4,5)1(6)7/h4-8,11-12,14,22H,9-10,13H2,1-3H3,(H2,21,23);(H,6,7). The molecule has 0 spiro atoms. The van der Waals surface area contributed by atoms with Gasteiger partial charge in [-0.3, -0.25) is 4.79 Å². The topological polar surface area (TPSA) is 92.4 Å². The molecule has 2 rings (SSSR count). The first-order chi connectivity index (χ1) is 13.9. The number of carboxylic acids is 1. The van der Waals surface area contributed by atoms with E-state index in [2.05, 4.69) is 44.3 Å². The number of hydrogen-bond acceptors (Lipinski definition) is 3. The number of halogens is 3. The molecule has 1 amide bonds. The fraction of sp³-hybridized carbons (Fsp3) is 0.364. The number of rotatable bonds is 7. The van der Waals surface area contributed by atoms with Crippen LogP contribution in [-0.4, -0.2) is 29.7 Å². The number of benzene rings is 2. The van der Waals surface area contributed by atoms with Crippen LogP contribution in [0.5, 0.6) is 0 Å². The number of amides is 1.